The van der Waals surface area contributed by atoms with Gasteiger partial charge in [0.2, 0.25) is 11.8 Å². The maximum atomic E-state index is 12.8. The van der Waals surface area contributed by atoms with Crippen LogP contribution in [0.15, 0.2) is 85.0 Å². The summed E-state index contributed by atoms with van der Waals surface area (Å²) in [7, 11) is 0. The smallest absolute Gasteiger partial charge is 0.255 e. The number of unbranched alkanes of at least 4 members (excludes halogenated alkanes) is 1. The summed E-state index contributed by atoms with van der Waals surface area (Å²) in [5.41, 5.74) is 5.47. The van der Waals surface area contributed by atoms with Crippen LogP contribution in [0.1, 0.15) is 81.5 Å². The predicted octanol–water partition coefficient (Wildman–Crippen LogP) is 4.91. The zero-order chi connectivity index (χ0) is 33.0. The van der Waals surface area contributed by atoms with Crippen LogP contribution in [0.5, 0.6) is 5.75 Å². The molecule has 10 heteroatoms. The molecule has 0 radical (unpaired) electrons. The molecule has 0 aliphatic carbocycles. The molecule has 0 aliphatic heterocycles. The molecule has 0 spiro atoms. The van der Waals surface area contributed by atoms with Crippen molar-refractivity contribution in [3.63, 3.8) is 0 Å². The molecule has 1 aromatic carbocycles. The Morgan fingerprint density at radius 1 is 0.800 bits per heavy atom. The summed E-state index contributed by atoms with van der Waals surface area (Å²) in [6, 6.07) is 5.44. The third-order valence-electron chi connectivity index (χ3n) is 6.43. The number of para-hydroxylation sites is 1. The van der Waals surface area contributed by atoms with Gasteiger partial charge in [-0.3, -0.25) is 19.8 Å². The van der Waals surface area contributed by atoms with Crippen LogP contribution in [-0.4, -0.2) is 54.5 Å². The van der Waals surface area contributed by atoms with Crippen molar-refractivity contribution >= 4 is 23.7 Å². The molecule has 246 valence electrons. The largest absolute Gasteiger partial charge is 0.507 e. The molecule has 0 heterocycles. The molecule has 10 nitrogen and oxygen atoms in total. The fraction of sp³-hybridized carbons (Fsp3) is 0.429. The summed E-state index contributed by atoms with van der Waals surface area (Å²) < 4.78 is 0. The van der Waals surface area contributed by atoms with Gasteiger partial charge in [0.15, 0.2) is 5.96 Å². The second kappa shape index (κ2) is 25.9. The number of carbonyl (C=O) groups excluding carboxylic acids is 3. The van der Waals surface area contributed by atoms with Gasteiger partial charge in [-0.2, -0.15) is 0 Å². The van der Waals surface area contributed by atoms with Gasteiger partial charge >= 0.3 is 0 Å². The number of benzene rings is 1. The van der Waals surface area contributed by atoms with E-state index in [1.54, 1.807) is 12.1 Å². The Kier molecular flexibility index (Phi) is 22.1. The number of nitrogens with two attached hydrogens (primary N) is 1. The summed E-state index contributed by atoms with van der Waals surface area (Å²) in [5.74, 6) is -1.30. The van der Waals surface area contributed by atoms with Crippen molar-refractivity contribution in [1.82, 2.24) is 21.3 Å². The van der Waals surface area contributed by atoms with Crippen LogP contribution in [0.3, 0.4) is 0 Å². The first kappa shape index (κ1) is 38.4. The summed E-state index contributed by atoms with van der Waals surface area (Å²) in [6.45, 7) is 2.84. The van der Waals surface area contributed by atoms with Crippen LogP contribution in [0.25, 0.3) is 0 Å². The van der Waals surface area contributed by atoms with Crippen LogP contribution in [0.2, 0.25) is 0 Å². The van der Waals surface area contributed by atoms with Crippen molar-refractivity contribution in [1.29, 1.82) is 5.41 Å². The lowest BCUT2D eigenvalue weighted by molar-refractivity contribution is -0.129. The van der Waals surface area contributed by atoms with Gasteiger partial charge in [-0.1, -0.05) is 79.8 Å². The van der Waals surface area contributed by atoms with Crippen LogP contribution < -0.4 is 27.0 Å². The van der Waals surface area contributed by atoms with Gasteiger partial charge in [0.25, 0.3) is 5.91 Å². The first-order valence-electron chi connectivity index (χ1n) is 15.8. The predicted molar refractivity (Wildman–Crippen MR) is 183 cm³/mol. The van der Waals surface area contributed by atoms with E-state index in [4.69, 9.17) is 11.1 Å². The number of amides is 3. The number of guanidine groups is 1. The number of aromatic hydroxyl groups is 1. The van der Waals surface area contributed by atoms with E-state index in [1.165, 1.54) is 12.1 Å². The number of nitrogens with one attached hydrogen (secondary N) is 5. The quantitative estimate of drug-likeness (QED) is 0.0397. The lowest BCUT2D eigenvalue weighted by Gasteiger charge is -2.19. The number of phenols is 1. The second-order valence-electron chi connectivity index (χ2n) is 10.3. The second-order valence-corrected chi connectivity index (χ2v) is 10.3. The normalized spacial score (nSPS) is 12.4. The van der Waals surface area contributed by atoms with Gasteiger partial charge < -0.3 is 32.1 Å². The Labute approximate surface area is 268 Å². The third-order valence-corrected chi connectivity index (χ3v) is 6.43. The fourth-order valence-electron chi connectivity index (χ4n) is 4.06. The van der Waals surface area contributed by atoms with Crippen molar-refractivity contribution < 1.29 is 19.5 Å². The average molecular weight is 621 g/mol. The van der Waals surface area contributed by atoms with Crippen LogP contribution in [-0.2, 0) is 9.59 Å². The molecule has 0 aliphatic rings. The zero-order valence-electron chi connectivity index (χ0n) is 26.6. The standard InChI is InChI=1S/C35H52N6O4/c1-2-3-4-5-6-7-8-9-10-11-12-13-14-15-16-17-18-25-32(43)41-30(23-21-26-40-35(36)37)34(45)39-28-27-38-33(44)29-22-19-20-24-31(29)42/h3-4,6-7,9-10,12-13,15-16,19-20,22,24,30,42H,2,5,8,11,14,17-18,21,23,25-28H2,1H3,(H,38,44)(H,39,45)(H,41,43)(H4,36,37,40)/b4-3-,7-6-,10-9-,13-12-,16-15-/t30-/m0/s1. The van der Waals surface area contributed by atoms with Crippen LogP contribution in [0.4, 0.5) is 0 Å². The topological polar surface area (TPSA) is 169 Å². The monoisotopic (exact) mass is 620 g/mol. The molecule has 8 N–H and O–H groups in total. The molecule has 3 amide bonds. The highest BCUT2D eigenvalue weighted by Gasteiger charge is 2.20. The first-order valence-corrected chi connectivity index (χ1v) is 15.8. The average Bonchev–Trinajstić information content (AvgIpc) is 3.02. The first-order chi connectivity index (χ1) is 21.8. The van der Waals surface area contributed by atoms with E-state index < -0.39 is 11.9 Å². The molecule has 1 rings (SSSR count). The molecule has 0 bridgehead atoms. The molecule has 1 aromatic rings. The van der Waals surface area contributed by atoms with E-state index in [2.05, 4.69) is 89.0 Å². The Bertz CT molecular complexity index is 1170. The van der Waals surface area contributed by atoms with Crippen molar-refractivity contribution in [2.24, 2.45) is 5.73 Å². The fourth-order valence-corrected chi connectivity index (χ4v) is 4.06. The Morgan fingerprint density at radius 2 is 1.38 bits per heavy atom. The molecule has 0 saturated heterocycles. The van der Waals surface area contributed by atoms with Gasteiger partial charge in [0, 0.05) is 26.1 Å². The summed E-state index contributed by atoms with van der Waals surface area (Å²) in [5, 5.41) is 28.0. The lowest BCUT2D eigenvalue weighted by atomic mass is 10.1. The van der Waals surface area contributed by atoms with Gasteiger partial charge in [-0.25, -0.2) is 0 Å². The number of phenolic OH excluding ortho intramolecular Hbond substituents is 1. The Hall–Kier alpha value is -4.60. The molecular weight excluding hydrogens is 568 g/mol. The summed E-state index contributed by atoms with van der Waals surface area (Å²) >= 11 is 0. The van der Waals surface area contributed by atoms with Gasteiger partial charge in [-0.15, -0.1) is 0 Å². The lowest BCUT2D eigenvalue weighted by Crippen LogP contribution is -2.48. The minimum absolute atomic E-state index is 0.123. The highest BCUT2D eigenvalue weighted by atomic mass is 16.3. The molecular formula is C35H52N6O4. The summed E-state index contributed by atoms with van der Waals surface area (Å²) in [4.78, 5) is 37.6. The van der Waals surface area contributed by atoms with E-state index in [0.717, 1.165) is 38.5 Å². The van der Waals surface area contributed by atoms with E-state index in [-0.39, 0.29) is 42.2 Å². The number of rotatable bonds is 23. The molecule has 45 heavy (non-hydrogen) atoms. The van der Waals surface area contributed by atoms with Crippen molar-refractivity contribution in [2.45, 2.75) is 77.2 Å². The van der Waals surface area contributed by atoms with E-state index in [9.17, 15) is 19.5 Å². The number of hydrogen-bond acceptors (Lipinski definition) is 5. The maximum Gasteiger partial charge on any atom is 0.255 e. The zero-order valence-corrected chi connectivity index (χ0v) is 26.6. The molecule has 0 unspecified atom stereocenters. The number of hydrogen-bond donors (Lipinski definition) is 7. The van der Waals surface area contributed by atoms with Crippen LogP contribution in [0, 0.1) is 5.41 Å². The van der Waals surface area contributed by atoms with Gasteiger partial charge in [-0.05, 0) is 69.9 Å². The van der Waals surface area contributed by atoms with Crippen LogP contribution >= 0.6 is 0 Å². The third kappa shape index (κ3) is 20.9. The van der Waals surface area contributed by atoms with Gasteiger partial charge in [0.05, 0.1) is 5.56 Å². The highest BCUT2D eigenvalue weighted by Crippen LogP contribution is 2.14. The van der Waals surface area contributed by atoms with E-state index in [0.29, 0.717) is 32.2 Å². The molecule has 0 saturated carbocycles. The molecule has 1 atom stereocenters. The molecule has 0 aromatic heterocycles. The van der Waals surface area contributed by atoms with Crippen molar-refractivity contribution in [2.75, 3.05) is 19.6 Å². The van der Waals surface area contributed by atoms with E-state index in [1.807, 2.05) is 0 Å². The highest BCUT2D eigenvalue weighted by molar-refractivity contribution is 5.96. The summed E-state index contributed by atoms with van der Waals surface area (Å²) in [6.07, 6.45) is 28.8. The number of allylic oxidation sites excluding steroid dienone is 10. The Balaban J connectivity index is 2.34. The van der Waals surface area contributed by atoms with Crippen molar-refractivity contribution in [3.05, 3.63) is 90.6 Å². The number of carbonyl (C=O) groups is 3. The molecule has 0 fully saturated rings. The minimum atomic E-state index is -0.756. The minimum Gasteiger partial charge on any atom is -0.507 e. The maximum absolute atomic E-state index is 12.8. The Morgan fingerprint density at radius 3 is 1.98 bits per heavy atom. The van der Waals surface area contributed by atoms with Crippen molar-refractivity contribution in [3.8, 4) is 5.75 Å². The SMILES string of the molecule is CC/C=C\C/C=C\C/C=C\C/C=C\C/C=C\CCCC(=O)N[C@@H](CCCNC(=N)N)C(=O)NCCNC(=O)c1ccccc1O. The van der Waals surface area contributed by atoms with E-state index >= 15 is 0 Å². The van der Waals surface area contributed by atoms with Gasteiger partial charge in [0.1, 0.15) is 11.8 Å².